The standard InChI is InChI=1S/C19H33NO5/c1-5-20-10-11-21-16-13(3)15-7-6-12(2)14-8-9-18(4)23-17(22-16)19(14,15)25-24-18/h12-17,20H,5-11H2,1-4H3/t12-,13-,14+,15+,16+,17-,18-,19-/m1/s1. The normalized spacial score (nSPS) is 51.8. The maximum atomic E-state index is 6.36. The van der Waals surface area contributed by atoms with Crippen LogP contribution in [0.2, 0.25) is 0 Å². The fourth-order valence-corrected chi connectivity index (χ4v) is 5.49. The highest BCUT2D eigenvalue weighted by Crippen LogP contribution is 2.60. The van der Waals surface area contributed by atoms with Gasteiger partial charge in [-0.05, 0) is 44.6 Å². The first kappa shape index (κ1) is 18.1. The number of rotatable bonds is 5. The minimum Gasteiger partial charge on any atom is -0.351 e. The monoisotopic (exact) mass is 355 g/mol. The SMILES string of the molecule is CCNCCO[C@H]1O[C@@H]2O[C@@]3(C)CC[C@H]4[C@H](C)CC[C@@H]([C@H]1C)[C@@]24OO3. The minimum absolute atomic E-state index is 0.250. The quantitative estimate of drug-likeness (QED) is 0.604. The largest absolute Gasteiger partial charge is 0.351 e. The van der Waals surface area contributed by atoms with Crippen LogP contribution in [0.4, 0.5) is 0 Å². The van der Waals surface area contributed by atoms with E-state index in [2.05, 4.69) is 26.1 Å². The molecule has 0 aromatic carbocycles. The van der Waals surface area contributed by atoms with Crippen LogP contribution in [0.3, 0.4) is 0 Å². The third-order valence-corrected chi connectivity index (χ3v) is 6.91. The van der Waals surface area contributed by atoms with E-state index in [1.165, 1.54) is 6.42 Å². The van der Waals surface area contributed by atoms with Crippen LogP contribution in [0.5, 0.6) is 0 Å². The maximum Gasteiger partial charge on any atom is 0.201 e. The molecule has 1 N–H and O–H groups in total. The molecule has 1 spiro atoms. The molecule has 0 aromatic rings. The average Bonchev–Trinajstić information content (AvgIpc) is 2.82. The van der Waals surface area contributed by atoms with Gasteiger partial charge in [-0.2, -0.15) is 0 Å². The molecule has 0 unspecified atom stereocenters. The summed E-state index contributed by atoms with van der Waals surface area (Å²) in [4.78, 5) is 12.0. The van der Waals surface area contributed by atoms with Crippen molar-refractivity contribution < 1.29 is 24.0 Å². The minimum atomic E-state index is -0.716. The van der Waals surface area contributed by atoms with Crippen molar-refractivity contribution in [2.45, 2.75) is 77.3 Å². The van der Waals surface area contributed by atoms with Crippen LogP contribution >= 0.6 is 0 Å². The summed E-state index contributed by atoms with van der Waals surface area (Å²) >= 11 is 0. The van der Waals surface area contributed by atoms with E-state index in [1.807, 2.05) is 6.92 Å². The molecule has 5 aliphatic rings. The number of fused-ring (bicyclic) bond motifs is 2. The highest BCUT2D eigenvalue weighted by atomic mass is 17.3. The molecule has 4 heterocycles. The van der Waals surface area contributed by atoms with Crippen LogP contribution in [0.25, 0.3) is 0 Å². The van der Waals surface area contributed by atoms with Gasteiger partial charge in [0.25, 0.3) is 0 Å². The van der Waals surface area contributed by atoms with E-state index in [4.69, 9.17) is 24.0 Å². The molecule has 0 amide bonds. The van der Waals surface area contributed by atoms with Crippen molar-refractivity contribution >= 4 is 0 Å². The fraction of sp³-hybridized carbons (Fsp3) is 1.00. The van der Waals surface area contributed by atoms with Crippen molar-refractivity contribution in [2.75, 3.05) is 19.7 Å². The van der Waals surface area contributed by atoms with E-state index in [0.717, 1.165) is 32.4 Å². The molecule has 0 aromatic heterocycles. The van der Waals surface area contributed by atoms with Gasteiger partial charge >= 0.3 is 0 Å². The highest BCUT2D eigenvalue weighted by molar-refractivity contribution is 5.09. The predicted octanol–water partition coefficient (Wildman–Crippen LogP) is 2.82. The Morgan fingerprint density at radius 2 is 1.96 bits per heavy atom. The van der Waals surface area contributed by atoms with Gasteiger partial charge in [-0.1, -0.05) is 20.8 Å². The zero-order valence-corrected chi connectivity index (χ0v) is 16.0. The van der Waals surface area contributed by atoms with E-state index < -0.39 is 17.7 Å². The van der Waals surface area contributed by atoms with Crippen molar-refractivity contribution in [3.8, 4) is 0 Å². The first-order valence-electron chi connectivity index (χ1n) is 10.0. The van der Waals surface area contributed by atoms with Crippen molar-refractivity contribution in [1.29, 1.82) is 0 Å². The van der Waals surface area contributed by atoms with Gasteiger partial charge in [0, 0.05) is 24.8 Å². The molecule has 4 aliphatic heterocycles. The van der Waals surface area contributed by atoms with Gasteiger partial charge in [0.05, 0.1) is 6.61 Å². The number of hydrogen-bond acceptors (Lipinski definition) is 6. The Kier molecular flexibility index (Phi) is 4.88. The van der Waals surface area contributed by atoms with Crippen LogP contribution < -0.4 is 5.32 Å². The molecule has 0 radical (unpaired) electrons. The van der Waals surface area contributed by atoms with Gasteiger partial charge in [0.1, 0.15) is 0 Å². The Labute approximate surface area is 150 Å². The van der Waals surface area contributed by atoms with Gasteiger partial charge in [0.2, 0.25) is 5.79 Å². The second-order valence-electron chi connectivity index (χ2n) is 8.50. The lowest BCUT2D eigenvalue weighted by Gasteiger charge is -2.60. The van der Waals surface area contributed by atoms with Crippen molar-refractivity contribution in [3.63, 3.8) is 0 Å². The zero-order valence-electron chi connectivity index (χ0n) is 16.0. The molecule has 144 valence electrons. The number of likely N-dealkylation sites (N-methyl/N-ethyl adjacent to an activating group) is 1. The molecular weight excluding hydrogens is 322 g/mol. The van der Waals surface area contributed by atoms with Crippen molar-refractivity contribution in [1.82, 2.24) is 5.32 Å². The first-order valence-corrected chi connectivity index (χ1v) is 10.0. The second kappa shape index (κ2) is 6.73. The zero-order chi connectivity index (χ0) is 17.7. The Morgan fingerprint density at radius 3 is 2.76 bits per heavy atom. The first-order chi connectivity index (χ1) is 12.0. The lowest BCUT2D eigenvalue weighted by atomic mass is 9.58. The van der Waals surface area contributed by atoms with Crippen LogP contribution in [-0.4, -0.2) is 43.7 Å². The molecule has 1 saturated carbocycles. The summed E-state index contributed by atoms with van der Waals surface area (Å²) in [6.45, 7) is 11.0. The molecule has 2 bridgehead atoms. The van der Waals surface area contributed by atoms with E-state index in [-0.39, 0.29) is 12.2 Å². The topological polar surface area (TPSA) is 58.2 Å². The number of hydrogen-bond donors (Lipinski definition) is 1. The third-order valence-electron chi connectivity index (χ3n) is 6.91. The summed E-state index contributed by atoms with van der Waals surface area (Å²) < 4.78 is 18.8. The van der Waals surface area contributed by atoms with Gasteiger partial charge in [-0.15, -0.1) is 0 Å². The number of nitrogens with one attached hydrogen (secondary N) is 1. The lowest BCUT2D eigenvalue weighted by molar-refractivity contribution is -0.577. The summed E-state index contributed by atoms with van der Waals surface area (Å²) in [5.74, 6) is 0.868. The van der Waals surface area contributed by atoms with Crippen LogP contribution in [-0.2, 0) is 24.0 Å². The van der Waals surface area contributed by atoms with Crippen molar-refractivity contribution in [2.24, 2.45) is 23.7 Å². The fourth-order valence-electron chi connectivity index (χ4n) is 5.49. The molecule has 6 heteroatoms. The molecule has 8 atom stereocenters. The van der Waals surface area contributed by atoms with E-state index in [9.17, 15) is 0 Å². The Balaban J connectivity index is 1.58. The van der Waals surface area contributed by atoms with Crippen LogP contribution in [0, 0.1) is 23.7 Å². The summed E-state index contributed by atoms with van der Waals surface area (Å²) in [6.07, 6.45) is 3.57. The Hall–Kier alpha value is -0.240. The summed E-state index contributed by atoms with van der Waals surface area (Å²) in [5, 5.41) is 3.29. The predicted molar refractivity (Wildman–Crippen MR) is 91.3 cm³/mol. The summed E-state index contributed by atoms with van der Waals surface area (Å²) in [6, 6.07) is 0. The van der Waals surface area contributed by atoms with Crippen LogP contribution in [0.1, 0.15) is 53.4 Å². The van der Waals surface area contributed by atoms with Gasteiger partial charge in [-0.25, -0.2) is 9.78 Å². The van der Waals surface area contributed by atoms with Crippen LogP contribution in [0.15, 0.2) is 0 Å². The number of ether oxygens (including phenoxy) is 3. The summed E-state index contributed by atoms with van der Waals surface area (Å²) in [7, 11) is 0. The molecule has 1 aliphatic carbocycles. The highest BCUT2D eigenvalue weighted by Gasteiger charge is 2.69. The molecule has 4 saturated heterocycles. The molecule has 6 nitrogen and oxygen atoms in total. The molecule has 5 fully saturated rings. The molecule has 5 rings (SSSR count). The third kappa shape index (κ3) is 2.86. The van der Waals surface area contributed by atoms with Crippen molar-refractivity contribution in [3.05, 3.63) is 0 Å². The van der Waals surface area contributed by atoms with Gasteiger partial charge in [-0.3, -0.25) is 0 Å². The van der Waals surface area contributed by atoms with E-state index >= 15 is 0 Å². The second-order valence-corrected chi connectivity index (χ2v) is 8.50. The molecular formula is C19H33NO5. The Bertz CT molecular complexity index is 490. The van der Waals surface area contributed by atoms with Gasteiger partial charge < -0.3 is 19.5 Å². The molecule has 25 heavy (non-hydrogen) atoms. The van der Waals surface area contributed by atoms with E-state index in [0.29, 0.717) is 24.4 Å². The Morgan fingerprint density at radius 1 is 1.12 bits per heavy atom. The van der Waals surface area contributed by atoms with Gasteiger partial charge in [0.15, 0.2) is 18.2 Å². The lowest BCUT2D eigenvalue weighted by Crippen LogP contribution is -2.70. The van der Waals surface area contributed by atoms with E-state index in [1.54, 1.807) is 0 Å². The average molecular weight is 355 g/mol. The smallest absolute Gasteiger partial charge is 0.201 e. The summed E-state index contributed by atoms with van der Waals surface area (Å²) in [5.41, 5.74) is -0.491. The maximum absolute atomic E-state index is 6.36.